The van der Waals surface area contributed by atoms with Crippen molar-refractivity contribution in [1.29, 1.82) is 0 Å². The van der Waals surface area contributed by atoms with Gasteiger partial charge in [-0.05, 0) is 80.5 Å². The fourth-order valence-corrected chi connectivity index (χ4v) is 5.45. The Bertz CT molecular complexity index is 1050. The Morgan fingerprint density at radius 3 is 1.68 bits per heavy atom. The molecule has 0 heterocycles. The molecule has 0 amide bonds. The Hall–Kier alpha value is -2.97. The lowest BCUT2D eigenvalue weighted by molar-refractivity contribution is 0.298. The average molecular weight is 535 g/mol. The molecule has 0 aromatic heterocycles. The topological polar surface area (TPSA) is 44.8 Å². The van der Waals surface area contributed by atoms with E-state index in [4.69, 9.17) is 13.6 Å². The Labute approximate surface area is 229 Å². The van der Waals surface area contributed by atoms with Crippen LogP contribution >= 0.6 is 7.82 Å². The molecule has 3 rings (SSSR count). The van der Waals surface area contributed by atoms with E-state index in [1.54, 1.807) is 30.3 Å². The maximum absolute atomic E-state index is 13.6. The van der Waals surface area contributed by atoms with Crippen molar-refractivity contribution in [3.8, 4) is 17.2 Å². The van der Waals surface area contributed by atoms with Crippen LogP contribution in [0, 0.1) is 0 Å². The van der Waals surface area contributed by atoms with Crippen LogP contribution in [-0.4, -0.2) is 0 Å². The second-order valence-electron chi connectivity index (χ2n) is 9.62. The first kappa shape index (κ1) is 29.6. The van der Waals surface area contributed by atoms with Gasteiger partial charge in [0, 0.05) is 0 Å². The zero-order chi connectivity index (χ0) is 26.7. The van der Waals surface area contributed by atoms with E-state index in [0.717, 1.165) is 18.4 Å². The molecule has 0 aliphatic rings. The summed E-state index contributed by atoms with van der Waals surface area (Å²) >= 11 is 0. The molecule has 3 aromatic carbocycles. The fraction of sp³-hybridized carbons (Fsp3) is 0.394. The lowest BCUT2D eigenvalue weighted by Gasteiger charge is -2.19. The minimum absolute atomic E-state index is 0.422. The SMILES string of the molecule is CCCCCC/C=C\CCCCCCCc1cccc(OP(=O)(Oc2ccccc2)Oc2ccccc2)c1. The van der Waals surface area contributed by atoms with Crippen LogP contribution in [0.15, 0.2) is 97.1 Å². The summed E-state index contributed by atoms with van der Waals surface area (Å²) in [5.74, 6) is 1.31. The molecule has 0 radical (unpaired) electrons. The molecule has 4 nitrogen and oxygen atoms in total. The Kier molecular flexibility index (Phi) is 13.6. The van der Waals surface area contributed by atoms with Gasteiger partial charge in [0.1, 0.15) is 17.2 Å². The van der Waals surface area contributed by atoms with E-state index in [1.807, 2.05) is 48.5 Å². The predicted octanol–water partition coefficient (Wildman–Crippen LogP) is 10.7. The Morgan fingerprint density at radius 2 is 1.08 bits per heavy atom. The largest absolute Gasteiger partial charge is 0.647 e. The van der Waals surface area contributed by atoms with Crippen LogP contribution in [0.5, 0.6) is 17.2 Å². The maximum Gasteiger partial charge on any atom is 0.647 e. The highest BCUT2D eigenvalue weighted by Crippen LogP contribution is 2.49. The van der Waals surface area contributed by atoms with Crippen molar-refractivity contribution in [2.45, 2.75) is 84.0 Å². The molecule has 204 valence electrons. The summed E-state index contributed by atoms with van der Waals surface area (Å²) in [6, 6.07) is 25.6. The molecular formula is C33H43O4P. The van der Waals surface area contributed by atoms with E-state index >= 15 is 0 Å². The van der Waals surface area contributed by atoms with Crippen molar-refractivity contribution in [1.82, 2.24) is 0 Å². The molecule has 5 heteroatoms. The lowest BCUT2D eigenvalue weighted by Crippen LogP contribution is -2.07. The minimum Gasteiger partial charge on any atom is -0.386 e. The minimum atomic E-state index is -3.97. The number of rotatable bonds is 19. The number of benzene rings is 3. The molecule has 0 saturated heterocycles. The molecule has 0 aliphatic heterocycles. The predicted molar refractivity (Wildman–Crippen MR) is 158 cm³/mol. The van der Waals surface area contributed by atoms with Gasteiger partial charge < -0.3 is 13.6 Å². The Morgan fingerprint density at radius 1 is 0.579 bits per heavy atom. The average Bonchev–Trinajstić information content (AvgIpc) is 2.92. The first-order valence-corrected chi connectivity index (χ1v) is 15.7. The van der Waals surface area contributed by atoms with Gasteiger partial charge in [-0.2, -0.15) is 4.57 Å². The first-order chi connectivity index (χ1) is 18.7. The highest BCUT2D eigenvalue weighted by molar-refractivity contribution is 7.49. The lowest BCUT2D eigenvalue weighted by atomic mass is 10.0. The number of phosphoric ester groups is 1. The second-order valence-corrected chi connectivity index (χ2v) is 11.1. The van der Waals surface area contributed by atoms with E-state index in [-0.39, 0.29) is 0 Å². The number of aryl methyl sites for hydroxylation is 1. The fourth-order valence-electron chi connectivity index (χ4n) is 4.21. The standard InChI is InChI=1S/C33H43O4P/c1-2-3-4-5-6-7-8-9-10-11-12-13-16-22-30-23-21-28-33(29-30)37-38(34,35-31-24-17-14-18-25-31)36-32-26-19-15-20-27-32/h7-8,14-15,17-21,23-29H,2-6,9-13,16,22H2,1H3/b8-7-. The molecule has 0 spiro atoms. The quantitative estimate of drug-likeness (QED) is 0.0871. The molecule has 3 aromatic rings. The number of phosphoric acid groups is 1. The van der Waals surface area contributed by atoms with Crippen molar-refractivity contribution in [2.24, 2.45) is 0 Å². The van der Waals surface area contributed by atoms with Gasteiger partial charge >= 0.3 is 7.82 Å². The highest BCUT2D eigenvalue weighted by Gasteiger charge is 2.33. The number of hydrogen-bond donors (Lipinski definition) is 0. The normalized spacial score (nSPS) is 11.5. The summed E-state index contributed by atoms with van der Waals surface area (Å²) in [4.78, 5) is 0. The van der Waals surface area contributed by atoms with Crippen LogP contribution in [0.1, 0.15) is 83.1 Å². The number of hydrogen-bond acceptors (Lipinski definition) is 4. The molecule has 0 saturated carbocycles. The van der Waals surface area contributed by atoms with E-state index in [9.17, 15) is 4.57 Å². The molecule has 0 fully saturated rings. The van der Waals surface area contributed by atoms with Crippen LogP contribution < -0.4 is 13.6 Å². The van der Waals surface area contributed by atoms with Gasteiger partial charge in [-0.3, -0.25) is 0 Å². The number of unbranched alkanes of at least 4 members (excludes halogenated alkanes) is 9. The van der Waals surface area contributed by atoms with Crippen molar-refractivity contribution in [3.63, 3.8) is 0 Å². The van der Waals surface area contributed by atoms with Crippen LogP contribution in [0.4, 0.5) is 0 Å². The highest BCUT2D eigenvalue weighted by atomic mass is 31.2. The zero-order valence-corrected chi connectivity index (χ0v) is 23.7. The van der Waals surface area contributed by atoms with Crippen LogP contribution in [0.3, 0.4) is 0 Å². The third-order valence-electron chi connectivity index (χ3n) is 6.26. The molecule has 0 unspecified atom stereocenters. The van der Waals surface area contributed by atoms with Gasteiger partial charge in [0.05, 0.1) is 0 Å². The third kappa shape index (κ3) is 12.0. The van der Waals surface area contributed by atoms with E-state index in [2.05, 4.69) is 25.1 Å². The van der Waals surface area contributed by atoms with E-state index in [0.29, 0.717) is 17.2 Å². The maximum atomic E-state index is 13.6. The van der Waals surface area contributed by atoms with Crippen molar-refractivity contribution >= 4 is 7.82 Å². The molecular weight excluding hydrogens is 491 g/mol. The van der Waals surface area contributed by atoms with Gasteiger partial charge in [0.25, 0.3) is 0 Å². The third-order valence-corrected chi connectivity index (χ3v) is 7.57. The number of allylic oxidation sites excluding steroid dienone is 2. The summed E-state index contributed by atoms with van der Waals surface area (Å²) < 4.78 is 31.0. The molecule has 0 bridgehead atoms. The van der Waals surface area contributed by atoms with Gasteiger partial charge in [-0.1, -0.05) is 106 Å². The summed E-state index contributed by atoms with van der Waals surface area (Å²) in [6.45, 7) is 2.26. The molecule has 38 heavy (non-hydrogen) atoms. The summed E-state index contributed by atoms with van der Waals surface area (Å²) in [6.07, 6.45) is 19.6. The van der Waals surface area contributed by atoms with Crippen molar-refractivity contribution in [3.05, 3.63) is 103 Å². The summed E-state index contributed by atoms with van der Waals surface area (Å²) in [7, 11) is -3.97. The zero-order valence-electron chi connectivity index (χ0n) is 22.8. The van der Waals surface area contributed by atoms with Gasteiger partial charge in [0.2, 0.25) is 0 Å². The van der Waals surface area contributed by atoms with Crippen LogP contribution in [0.2, 0.25) is 0 Å². The van der Waals surface area contributed by atoms with Gasteiger partial charge in [-0.15, -0.1) is 0 Å². The van der Waals surface area contributed by atoms with Gasteiger partial charge in [0.15, 0.2) is 0 Å². The van der Waals surface area contributed by atoms with Gasteiger partial charge in [-0.25, -0.2) is 0 Å². The second kappa shape index (κ2) is 17.5. The monoisotopic (exact) mass is 534 g/mol. The molecule has 0 aliphatic carbocycles. The van der Waals surface area contributed by atoms with Crippen LogP contribution in [0.25, 0.3) is 0 Å². The first-order valence-electron chi connectivity index (χ1n) is 14.2. The van der Waals surface area contributed by atoms with Crippen molar-refractivity contribution < 1.29 is 18.1 Å². The van der Waals surface area contributed by atoms with Crippen molar-refractivity contribution in [2.75, 3.05) is 0 Å². The summed E-state index contributed by atoms with van der Waals surface area (Å²) in [5.41, 5.74) is 1.15. The molecule has 0 atom stereocenters. The van der Waals surface area contributed by atoms with E-state index in [1.165, 1.54) is 64.2 Å². The smallest absolute Gasteiger partial charge is 0.386 e. The number of para-hydroxylation sites is 2. The summed E-state index contributed by atoms with van der Waals surface area (Å²) in [5, 5.41) is 0. The van der Waals surface area contributed by atoms with E-state index < -0.39 is 7.82 Å². The molecule has 0 N–H and O–H groups in total. The Balaban J connectivity index is 1.43. The van der Waals surface area contributed by atoms with Crippen LogP contribution in [-0.2, 0) is 11.0 Å².